The Morgan fingerprint density at radius 1 is 0.964 bits per heavy atom. The molecule has 0 radical (unpaired) electrons. The van der Waals surface area contributed by atoms with Crippen molar-refractivity contribution in [1.82, 2.24) is 14.8 Å². The van der Waals surface area contributed by atoms with Gasteiger partial charge in [-0.3, -0.25) is 4.79 Å². The van der Waals surface area contributed by atoms with Crippen LogP contribution in [-0.4, -0.2) is 20.7 Å². The van der Waals surface area contributed by atoms with Gasteiger partial charge in [0.1, 0.15) is 5.82 Å². The molecule has 4 aromatic rings. The molecule has 5 nitrogen and oxygen atoms in total. The minimum absolute atomic E-state index is 0.200. The Labute approximate surface area is 164 Å². The Morgan fingerprint density at radius 2 is 1.75 bits per heavy atom. The van der Waals surface area contributed by atoms with Crippen LogP contribution in [0.5, 0.6) is 0 Å². The van der Waals surface area contributed by atoms with Crippen LogP contribution in [0.15, 0.2) is 54.6 Å². The summed E-state index contributed by atoms with van der Waals surface area (Å²) in [5.41, 5.74) is 6.22. The van der Waals surface area contributed by atoms with Crippen molar-refractivity contribution in [3.8, 4) is 5.69 Å². The second-order valence-electron chi connectivity index (χ2n) is 7.09. The van der Waals surface area contributed by atoms with Crippen LogP contribution in [0.2, 0.25) is 0 Å². The van der Waals surface area contributed by atoms with Crippen molar-refractivity contribution in [2.75, 3.05) is 5.32 Å². The van der Waals surface area contributed by atoms with E-state index in [4.69, 9.17) is 0 Å². The molecule has 0 aliphatic carbocycles. The molecule has 28 heavy (non-hydrogen) atoms. The smallest absolute Gasteiger partial charge is 0.260 e. The first-order valence-electron chi connectivity index (χ1n) is 9.25. The maximum absolute atomic E-state index is 13.0. The van der Waals surface area contributed by atoms with Gasteiger partial charge in [-0.15, -0.1) is 0 Å². The molecule has 0 aliphatic rings. The summed E-state index contributed by atoms with van der Waals surface area (Å²) in [6.07, 6.45) is 0. The number of pyridine rings is 1. The van der Waals surface area contributed by atoms with Crippen LogP contribution in [0.25, 0.3) is 16.6 Å². The fourth-order valence-corrected chi connectivity index (χ4v) is 3.56. The highest BCUT2D eigenvalue weighted by Gasteiger charge is 2.20. The molecular formula is C23H22N4O. The number of nitrogens with zero attached hydrogens (tertiary/aromatic N) is 3. The lowest BCUT2D eigenvalue weighted by Gasteiger charge is -2.10. The zero-order chi connectivity index (χ0) is 19.8. The molecule has 0 spiro atoms. The van der Waals surface area contributed by atoms with Crippen molar-refractivity contribution < 1.29 is 4.79 Å². The largest absolute Gasteiger partial charge is 0.306 e. The van der Waals surface area contributed by atoms with Crippen LogP contribution < -0.4 is 5.32 Å². The molecule has 2 aromatic carbocycles. The van der Waals surface area contributed by atoms with Gasteiger partial charge in [-0.1, -0.05) is 35.9 Å². The number of carbonyl (C=O) groups excluding carboxylic acids is 1. The molecule has 0 saturated heterocycles. The zero-order valence-corrected chi connectivity index (χ0v) is 16.4. The van der Waals surface area contributed by atoms with Crippen molar-refractivity contribution in [3.05, 3.63) is 82.7 Å². The number of para-hydroxylation sites is 1. The number of amides is 1. The third-order valence-corrected chi connectivity index (χ3v) is 4.94. The zero-order valence-electron chi connectivity index (χ0n) is 16.4. The number of anilines is 1. The maximum atomic E-state index is 13.0. The van der Waals surface area contributed by atoms with Gasteiger partial charge in [-0.25, -0.2) is 9.67 Å². The molecule has 0 fully saturated rings. The summed E-state index contributed by atoms with van der Waals surface area (Å²) in [4.78, 5) is 17.5. The maximum Gasteiger partial charge on any atom is 0.260 e. The molecule has 5 heteroatoms. The van der Waals surface area contributed by atoms with Gasteiger partial charge in [0.25, 0.3) is 5.91 Å². The summed E-state index contributed by atoms with van der Waals surface area (Å²) in [5, 5.41) is 8.57. The summed E-state index contributed by atoms with van der Waals surface area (Å²) in [5.74, 6) is 0.329. The van der Waals surface area contributed by atoms with Gasteiger partial charge in [0.15, 0.2) is 0 Å². The second kappa shape index (κ2) is 6.93. The van der Waals surface area contributed by atoms with Crippen molar-refractivity contribution >= 4 is 22.6 Å². The van der Waals surface area contributed by atoms with E-state index in [2.05, 4.69) is 41.4 Å². The van der Waals surface area contributed by atoms with Gasteiger partial charge in [-0.2, -0.15) is 5.10 Å². The van der Waals surface area contributed by atoms with Gasteiger partial charge in [-0.05, 0) is 57.5 Å². The lowest BCUT2D eigenvalue weighted by atomic mass is 10.1. The molecule has 2 heterocycles. The molecule has 0 aliphatic heterocycles. The number of hydrogen-bond donors (Lipinski definition) is 1. The molecule has 1 N–H and O–H groups in total. The summed E-state index contributed by atoms with van der Waals surface area (Å²) in [6, 6.07) is 17.8. The van der Waals surface area contributed by atoms with E-state index in [0.29, 0.717) is 17.1 Å². The van der Waals surface area contributed by atoms with E-state index in [0.717, 1.165) is 27.8 Å². The molecule has 0 unspecified atom stereocenters. The number of fused-ring (bicyclic) bond motifs is 1. The third-order valence-electron chi connectivity index (χ3n) is 4.94. The van der Waals surface area contributed by atoms with Crippen molar-refractivity contribution in [2.45, 2.75) is 27.7 Å². The summed E-state index contributed by atoms with van der Waals surface area (Å²) in [7, 11) is 0. The van der Waals surface area contributed by atoms with Crippen molar-refractivity contribution in [1.29, 1.82) is 0 Å². The highest BCUT2D eigenvalue weighted by Crippen LogP contribution is 2.22. The number of nitrogens with one attached hydrogen (secondary N) is 1. The normalized spacial score (nSPS) is 11.0. The second-order valence-corrected chi connectivity index (χ2v) is 7.09. The van der Waals surface area contributed by atoms with Gasteiger partial charge < -0.3 is 5.32 Å². The molecular weight excluding hydrogens is 348 g/mol. The standard InChI is InChI=1S/C23H22N4O/c1-14-9-11-20(15(2)13-14)27-17(4)22(16(3)26-27)23(28)25-21-12-10-18-7-5-6-8-19(18)24-21/h5-13H,1-4H3,(H,24,25,28). The van der Waals surface area contributed by atoms with Crippen molar-refractivity contribution in [3.63, 3.8) is 0 Å². The number of carbonyl (C=O) groups is 1. The molecule has 4 rings (SSSR count). The quantitative estimate of drug-likeness (QED) is 0.558. The minimum atomic E-state index is -0.200. The summed E-state index contributed by atoms with van der Waals surface area (Å²) >= 11 is 0. The van der Waals surface area contributed by atoms with Crippen LogP contribution in [0, 0.1) is 27.7 Å². The van der Waals surface area contributed by atoms with Gasteiger partial charge in [0, 0.05) is 5.39 Å². The van der Waals surface area contributed by atoms with Gasteiger partial charge in [0.05, 0.1) is 28.2 Å². The average Bonchev–Trinajstić information content (AvgIpc) is 2.95. The predicted octanol–water partition coefficient (Wildman–Crippen LogP) is 4.91. The fourth-order valence-electron chi connectivity index (χ4n) is 3.56. The number of rotatable bonds is 3. The van der Waals surface area contributed by atoms with Crippen LogP contribution in [0.4, 0.5) is 5.82 Å². The minimum Gasteiger partial charge on any atom is -0.306 e. The topological polar surface area (TPSA) is 59.8 Å². The molecule has 0 bridgehead atoms. The van der Waals surface area contributed by atoms with Crippen LogP contribution in [0.3, 0.4) is 0 Å². The Hall–Kier alpha value is -3.47. The molecule has 0 saturated carbocycles. The van der Waals surface area contributed by atoms with Crippen LogP contribution >= 0.6 is 0 Å². The first-order chi connectivity index (χ1) is 13.4. The number of aromatic nitrogens is 3. The Bertz CT molecular complexity index is 1210. The van der Waals surface area contributed by atoms with E-state index in [9.17, 15) is 4.79 Å². The summed E-state index contributed by atoms with van der Waals surface area (Å²) in [6.45, 7) is 7.89. The number of aryl methyl sites for hydroxylation is 3. The molecule has 1 amide bonds. The van der Waals surface area contributed by atoms with E-state index in [-0.39, 0.29) is 5.91 Å². The Balaban J connectivity index is 1.68. The van der Waals surface area contributed by atoms with Crippen LogP contribution in [0.1, 0.15) is 32.9 Å². The van der Waals surface area contributed by atoms with Gasteiger partial charge in [0.2, 0.25) is 0 Å². The van der Waals surface area contributed by atoms with E-state index >= 15 is 0 Å². The van der Waals surface area contributed by atoms with E-state index in [1.807, 2.05) is 61.0 Å². The van der Waals surface area contributed by atoms with Crippen LogP contribution in [-0.2, 0) is 0 Å². The van der Waals surface area contributed by atoms with Crippen molar-refractivity contribution in [2.24, 2.45) is 0 Å². The molecule has 0 atom stereocenters. The van der Waals surface area contributed by atoms with E-state index in [1.165, 1.54) is 5.56 Å². The Morgan fingerprint density at radius 3 is 2.54 bits per heavy atom. The predicted molar refractivity (Wildman–Crippen MR) is 112 cm³/mol. The highest BCUT2D eigenvalue weighted by atomic mass is 16.1. The SMILES string of the molecule is Cc1ccc(-n2nc(C)c(C(=O)Nc3ccc4ccccc4n3)c2C)c(C)c1. The summed E-state index contributed by atoms with van der Waals surface area (Å²) < 4.78 is 1.84. The van der Waals surface area contributed by atoms with Gasteiger partial charge >= 0.3 is 0 Å². The highest BCUT2D eigenvalue weighted by molar-refractivity contribution is 6.05. The molecule has 140 valence electrons. The van der Waals surface area contributed by atoms with E-state index in [1.54, 1.807) is 0 Å². The number of benzene rings is 2. The fraction of sp³-hybridized carbons (Fsp3) is 0.174. The lowest BCUT2D eigenvalue weighted by Crippen LogP contribution is -2.15. The first-order valence-corrected chi connectivity index (χ1v) is 9.25. The monoisotopic (exact) mass is 370 g/mol. The Kier molecular flexibility index (Phi) is 4.43. The first kappa shape index (κ1) is 17.9. The average molecular weight is 370 g/mol. The third kappa shape index (κ3) is 3.16. The lowest BCUT2D eigenvalue weighted by molar-refractivity contribution is 0.102. The number of hydrogen-bond acceptors (Lipinski definition) is 3. The van der Waals surface area contributed by atoms with E-state index < -0.39 is 0 Å². The molecule has 2 aromatic heterocycles.